The molecule has 0 saturated heterocycles. The summed E-state index contributed by atoms with van der Waals surface area (Å²) in [5, 5.41) is 5.07. The van der Waals surface area contributed by atoms with E-state index < -0.39 is 0 Å². The molecular weight excluding hydrogens is 641 g/mol. The van der Waals surface area contributed by atoms with Gasteiger partial charge in [-0.05, 0) is 101 Å². The highest BCUT2D eigenvalue weighted by atomic mass is 15.0. The third-order valence-corrected chi connectivity index (χ3v) is 10.6. The van der Waals surface area contributed by atoms with Gasteiger partial charge >= 0.3 is 0 Å². The van der Waals surface area contributed by atoms with Gasteiger partial charge in [0.15, 0.2) is 0 Å². The Morgan fingerprint density at radius 1 is 0.321 bits per heavy atom. The largest absolute Gasteiger partial charge is 0.309 e. The van der Waals surface area contributed by atoms with E-state index in [0.29, 0.717) is 0 Å². The van der Waals surface area contributed by atoms with Crippen LogP contribution in [0.25, 0.3) is 89.4 Å². The molecular formula is C51H36N2. The lowest BCUT2D eigenvalue weighted by molar-refractivity contribution is 1.17. The predicted molar refractivity (Wildman–Crippen MR) is 226 cm³/mol. The fraction of sp³-hybridized carbons (Fsp3) is 0.0196. The number of benzene rings is 8. The van der Waals surface area contributed by atoms with Crippen molar-refractivity contribution in [3.63, 3.8) is 0 Å². The smallest absolute Gasteiger partial charge is 0.0541 e. The zero-order valence-corrected chi connectivity index (χ0v) is 29.4. The summed E-state index contributed by atoms with van der Waals surface area (Å²) in [7, 11) is 0. The van der Waals surface area contributed by atoms with Gasteiger partial charge in [0.1, 0.15) is 0 Å². The first kappa shape index (κ1) is 30.9. The summed E-state index contributed by atoms with van der Waals surface area (Å²) in [5.74, 6) is 0. The van der Waals surface area contributed by atoms with E-state index >= 15 is 0 Å². The van der Waals surface area contributed by atoms with Gasteiger partial charge in [-0.25, -0.2) is 0 Å². The van der Waals surface area contributed by atoms with Gasteiger partial charge in [-0.1, -0.05) is 145 Å². The second-order valence-corrected chi connectivity index (χ2v) is 13.9. The van der Waals surface area contributed by atoms with Gasteiger partial charge in [0.25, 0.3) is 0 Å². The van der Waals surface area contributed by atoms with Crippen LogP contribution < -0.4 is 0 Å². The maximum atomic E-state index is 2.37. The molecule has 2 heterocycles. The van der Waals surface area contributed by atoms with Crippen LogP contribution in [0.2, 0.25) is 0 Å². The van der Waals surface area contributed by atoms with Crippen LogP contribution in [0, 0.1) is 6.92 Å². The summed E-state index contributed by atoms with van der Waals surface area (Å²) in [6.45, 7) is 2.13. The van der Waals surface area contributed by atoms with E-state index in [1.165, 1.54) is 93.9 Å². The van der Waals surface area contributed by atoms with Gasteiger partial charge < -0.3 is 9.13 Å². The minimum Gasteiger partial charge on any atom is -0.309 e. The molecule has 0 fully saturated rings. The van der Waals surface area contributed by atoms with Crippen LogP contribution >= 0.6 is 0 Å². The van der Waals surface area contributed by atoms with Crippen LogP contribution in [0.1, 0.15) is 16.7 Å². The molecule has 8 aromatic carbocycles. The maximum Gasteiger partial charge on any atom is 0.0541 e. The van der Waals surface area contributed by atoms with E-state index in [2.05, 4.69) is 216 Å². The normalized spacial score (nSPS) is 11.8. The van der Waals surface area contributed by atoms with Crippen molar-refractivity contribution in [1.29, 1.82) is 0 Å². The Labute approximate surface area is 309 Å². The Bertz CT molecular complexity index is 2960. The molecule has 0 saturated carbocycles. The Hall–Kier alpha value is -6.90. The Morgan fingerprint density at radius 2 is 0.717 bits per heavy atom. The van der Waals surface area contributed by atoms with Gasteiger partial charge in [0, 0.05) is 32.9 Å². The molecule has 10 rings (SSSR count). The number of para-hydroxylation sites is 3. The molecule has 0 radical (unpaired) electrons. The highest BCUT2D eigenvalue weighted by molar-refractivity contribution is 6.11. The number of fused-ring (bicyclic) bond motifs is 6. The van der Waals surface area contributed by atoms with Crippen molar-refractivity contribution in [1.82, 2.24) is 9.13 Å². The second-order valence-electron chi connectivity index (χ2n) is 13.9. The fourth-order valence-corrected chi connectivity index (χ4v) is 7.90. The lowest BCUT2D eigenvalue weighted by atomic mass is 10.00. The molecule has 10 aromatic rings. The van der Waals surface area contributed by atoms with Crippen molar-refractivity contribution >= 4 is 55.8 Å². The molecule has 0 unspecified atom stereocenters. The first-order valence-corrected chi connectivity index (χ1v) is 18.3. The number of rotatable bonds is 6. The average Bonchev–Trinajstić information content (AvgIpc) is 3.73. The van der Waals surface area contributed by atoms with Crippen molar-refractivity contribution in [2.75, 3.05) is 0 Å². The van der Waals surface area contributed by atoms with Crippen LogP contribution in [0.5, 0.6) is 0 Å². The molecule has 0 aliphatic heterocycles. The number of aromatic nitrogens is 2. The molecule has 0 N–H and O–H groups in total. The Morgan fingerprint density at radius 3 is 1.21 bits per heavy atom. The summed E-state index contributed by atoms with van der Waals surface area (Å²) in [5.41, 5.74) is 15.7. The minimum atomic E-state index is 1.18. The van der Waals surface area contributed by atoms with Gasteiger partial charge in [-0.2, -0.15) is 0 Å². The van der Waals surface area contributed by atoms with Crippen LogP contribution in [0.3, 0.4) is 0 Å². The summed E-state index contributed by atoms with van der Waals surface area (Å²) >= 11 is 0. The molecule has 0 bridgehead atoms. The molecule has 2 aromatic heterocycles. The third-order valence-electron chi connectivity index (χ3n) is 10.6. The van der Waals surface area contributed by atoms with Crippen molar-refractivity contribution < 1.29 is 0 Å². The van der Waals surface area contributed by atoms with Gasteiger partial charge in [0.05, 0.1) is 22.1 Å². The van der Waals surface area contributed by atoms with Gasteiger partial charge in [-0.15, -0.1) is 0 Å². The van der Waals surface area contributed by atoms with Crippen LogP contribution in [-0.2, 0) is 0 Å². The molecule has 53 heavy (non-hydrogen) atoms. The van der Waals surface area contributed by atoms with E-state index in [4.69, 9.17) is 0 Å². The fourth-order valence-electron chi connectivity index (χ4n) is 7.90. The first-order valence-electron chi connectivity index (χ1n) is 18.3. The zero-order chi connectivity index (χ0) is 35.3. The van der Waals surface area contributed by atoms with Crippen molar-refractivity contribution in [2.24, 2.45) is 0 Å². The predicted octanol–water partition coefficient (Wildman–Crippen LogP) is 13.7. The monoisotopic (exact) mass is 676 g/mol. The average molecular weight is 677 g/mol. The molecule has 0 spiro atoms. The summed E-state index contributed by atoms with van der Waals surface area (Å²) in [6.07, 6.45) is 4.39. The number of hydrogen-bond donors (Lipinski definition) is 0. The van der Waals surface area contributed by atoms with E-state index in [-0.39, 0.29) is 0 Å². The summed E-state index contributed by atoms with van der Waals surface area (Å²) in [4.78, 5) is 0. The van der Waals surface area contributed by atoms with Crippen molar-refractivity contribution in [3.8, 4) is 33.6 Å². The third kappa shape index (κ3) is 5.44. The van der Waals surface area contributed by atoms with Gasteiger partial charge in [-0.3, -0.25) is 0 Å². The highest BCUT2D eigenvalue weighted by Crippen LogP contribution is 2.37. The lowest BCUT2D eigenvalue weighted by Gasteiger charge is -2.09. The number of aryl methyl sites for hydroxylation is 1. The molecule has 2 nitrogen and oxygen atoms in total. The van der Waals surface area contributed by atoms with Crippen LogP contribution in [0.4, 0.5) is 0 Å². The second kappa shape index (κ2) is 12.7. The molecule has 0 atom stereocenters. The van der Waals surface area contributed by atoms with Crippen LogP contribution in [0.15, 0.2) is 188 Å². The molecule has 250 valence electrons. The van der Waals surface area contributed by atoms with Crippen LogP contribution in [-0.4, -0.2) is 9.13 Å². The minimum absolute atomic E-state index is 1.18. The topological polar surface area (TPSA) is 9.86 Å². The lowest BCUT2D eigenvalue weighted by Crippen LogP contribution is -1.93. The Kier molecular flexibility index (Phi) is 7.40. The first-order chi connectivity index (χ1) is 26.2. The SMILES string of the molecule is Cc1ccc(-n2c3ccccc3c3cc(-c4ccc(/C=C/c5ccc(-c6ccc7c(c6)c6ccccc6n7-c6ccccc6)cc5)cc4)ccc32)cc1. The molecule has 0 aliphatic rings. The molecule has 0 amide bonds. The number of nitrogens with zero attached hydrogens (tertiary/aromatic N) is 2. The standard InChI is InChI=1S/C51H36N2/c1-35-15-29-43(30-16-35)53-49-14-8-6-12-45(49)47-34-41(28-32-51(47)53)39-25-21-37(22-26-39)18-17-36-19-23-38(24-20-36)40-27-31-50-46(33-40)44-11-5-7-13-48(44)52(50)42-9-3-2-4-10-42/h2-34H,1H3/b18-17+. The molecule has 2 heteroatoms. The van der Waals surface area contributed by atoms with Crippen molar-refractivity contribution in [2.45, 2.75) is 6.92 Å². The maximum absolute atomic E-state index is 2.37. The Balaban J connectivity index is 0.904. The quantitative estimate of drug-likeness (QED) is 0.155. The van der Waals surface area contributed by atoms with Crippen molar-refractivity contribution in [3.05, 3.63) is 205 Å². The van der Waals surface area contributed by atoms with E-state index in [0.717, 1.165) is 0 Å². The summed E-state index contributed by atoms with van der Waals surface area (Å²) < 4.78 is 4.73. The van der Waals surface area contributed by atoms with E-state index in [1.54, 1.807) is 0 Å². The molecule has 0 aliphatic carbocycles. The zero-order valence-electron chi connectivity index (χ0n) is 29.4. The van der Waals surface area contributed by atoms with E-state index in [9.17, 15) is 0 Å². The highest BCUT2D eigenvalue weighted by Gasteiger charge is 2.14. The van der Waals surface area contributed by atoms with Gasteiger partial charge in [0.2, 0.25) is 0 Å². The number of hydrogen-bond acceptors (Lipinski definition) is 0. The summed E-state index contributed by atoms with van der Waals surface area (Å²) in [6, 6.07) is 68.3. The van der Waals surface area contributed by atoms with E-state index in [1.807, 2.05) is 0 Å².